The number of halogens is 3. The van der Waals surface area contributed by atoms with Gasteiger partial charge in [0.15, 0.2) is 0 Å². The number of nitrogens with zero attached hydrogens (tertiary/aromatic N) is 1. The topological polar surface area (TPSA) is 62.1 Å². The van der Waals surface area contributed by atoms with Gasteiger partial charge in [0, 0.05) is 4.90 Å². The summed E-state index contributed by atoms with van der Waals surface area (Å²) in [7, 11) is 0. The van der Waals surface area contributed by atoms with Gasteiger partial charge < -0.3 is 4.74 Å². The van der Waals surface area contributed by atoms with Crippen molar-refractivity contribution in [3.05, 3.63) is 23.8 Å². The van der Waals surface area contributed by atoms with Crippen LogP contribution in [0.15, 0.2) is 23.1 Å². The van der Waals surface area contributed by atoms with E-state index in [4.69, 9.17) is 10.00 Å². The molecule has 0 atom stereocenters. The maximum Gasteiger partial charge on any atom is 0.418 e. The molecule has 0 unspecified atom stereocenters. The molecule has 1 rings (SSSR count). The monoisotopic (exact) mass is 318 g/mol. The molecule has 1 aromatic carbocycles. The minimum absolute atomic E-state index is 0.138. The molecule has 1 N–H and O–H groups in total. The van der Waals surface area contributed by atoms with Gasteiger partial charge in [0.05, 0.1) is 11.3 Å². The van der Waals surface area contributed by atoms with Crippen LogP contribution in [0.25, 0.3) is 0 Å². The summed E-state index contributed by atoms with van der Waals surface area (Å²) >= 11 is 0.605. The first-order valence-electron chi connectivity index (χ1n) is 5.80. The molecular weight excluding hydrogens is 305 g/mol. The highest BCUT2D eigenvalue weighted by atomic mass is 32.2. The lowest BCUT2D eigenvalue weighted by atomic mass is 10.1. The quantitative estimate of drug-likeness (QED) is 0.638. The molecule has 0 aliphatic heterocycles. The Bertz CT molecular complexity index is 574. The van der Waals surface area contributed by atoms with Gasteiger partial charge >= 0.3 is 12.3 Å². The van der Waals surface area contributed by atoms with E-state index in [1.165, 1.54) is 6.07 Å². The van der Waals surface area contributed by atoms with Gasteiger partial charge in [-0.1, -0.05) is 0 Å². The number of anilines is 1. The van der Waals surface area contributed by atoms with E-state index in [2.05, 4.69) is 5.32 Å². The SMILES string of the molecule is CC(C)(C)OC(=O)Nc1ccc(SC#N)cc1C(F)(F)F. The highest BCUT2D eigenvalue weighted by Crippen LogP contribution is 2.37. The van der Waals surface area contributed by atoms with Crippen LogP contribution < -0.4 is 5.32 Å². The summed E-state index contributed by atoms with van der Waals surface area (Å²) in [5.74, 6) is 0. The fourth-order valence-electron chi connectivity index (χ4n) is 1.40. The van der Waals surface area contributed by atoms with Gasteiger partial charge in [-0.05, 0) is 50.7 Å². The van der Waals surface area contributed by atoms with E-state index in [0.717, 1.165) is 12.1 Å². The molecule has 4 nitrogen and oxygen atoms in total. The van der Waals surface area contributed by atoms with Crippen molar-refractivity contribution in [1.29, 1.82) is 5.26 Å². The van der Waals surface area contributed by atoms with Crippen LogP contribution >= 0.6 is 11.8 Å². The van der Waals surface area contributed by atoms with Gasteiger partial charge in [-0.2, -0.15) is 18.4 Å². The van der Waals surface area contributed by atoms with Crippen LogP contribution in [0.2, 0.25) is 0 Å². The number of thiocyanates is 1. The van der Waals surface area contributed by atoms with Gasteiger partial charge in [-0.25, -0.2) is 4.79 Å². The summed E-state index contributed by atoms with van der Waals surface area (Å²) in [6, 6.07) is 3.21. The number of alkyl halides is 3. The third kappa shape index (κ3) is 5.55. The Balaban J connectivity index is 3.07. The second-order valence-electron chi connectivity index (χ2n) is 5.03. The minimum atomic E-state index is -4.66. The third-order valence-electron chi connectivity index (χ3n) is 2.10. The van der Waals surface area contributed by atoms with Crippen LogP contribution in [-0.4, -0.2) is 11.7 Å². The molecule has 8 heteroatoms. The molecule has 0 spiro atoms. The molecular formula is C13H13F3N2O2S. The van der Waals surface area contributed by atoms with Crippen LogP contribution in [0.1, 0.15) is 26.3 Å². The molecule has 0 saturated heterocycles. The smallest absolute Gasteiger partial charge is 0.418 e. The predicted molar refractivity (Wildman–Crippen MR) is 72.8 cm³/mol. The Hall–Kier alpha value is -1.88. The third-order valence-corrected chi connectivity index (χ3v) is 2.68. The van der Waals surface area contributed by atoms with E-state index < -0.39 is 29.1 Å². The number of ether oxygens (including phenoxy) is 1. The molecule has 114 valence electrons. The van der Waals surface area contributed by atoms with Gasteiger partial charge in [0.25, 0.3) is 0 Å². The second-order valence-corrected chi connectivity index (χ2v) is 5.88. The average molecular weight is 318 g/mol. The van der Waals surface area contributed by atoms with Crippen molar-refractivity contribution >= 4 is 23.5 Å². The van der Waals surface area contributed by atoms with Gasteiger partial charge in [-0.3, -0.25) is 5.32 Å². The van der Waals surface area contributed by atoms with E-state index in [9.17, 15) is 18.0 Å². The standard InChI is InChI=1S/C13H13F3N2O2S/c1-12(2,3)20-11(19)18-10-5-4-8(21-7-17)6-9(10)13(14,15)16/h4-6H,1-3H3,(H,18,19). The summed E-state index contributed by atoms with van der Waals surface area (Å²) in [6.07, 6.45) is -5.63. The normalized spacial score (nSPS) is 11.7. The molecule has 0 radical (unpaired) electrons. The molecule has 0 saturated carbocycles. The fourth-order valence-corrected chi connectivity index (χ4v) is 1.81. The van der Waals surface area contributed by atoms with Crippen LogP contribution in [0.3, 0.4) is 0 Å². The number of hydrogen-bond acceptors (Lipinski definition) is 4. The first kappa shape index (κ1) is 17.2. The largest absolute Gasteiger partial charge is 0.444 e. The summed E-state index contributed by atoms with van der Waals surface area (Å²) in [4.78, 5) is 11.7. The maximum absolute atomic E-state index is 13.0. The average Bonchev–Trinajstić information content (AvgIpc) is 2.27. The number of benzene rings is 1. The van der Waals surface area contributed by atoms with Gasteiger partial charge in [0.1, 0.15) is 11.0 Å². The van der Waals surface area contributed by atoms with Crippen molar-refractivity contribution in [2.45, 2.75) is 37.4 Å². The molecule has 0 heterocycles. The van der Waals surface area contributed by atoms with Crippen molar-refractivity contribution in [2.75, 3.05) is 5.32 Å². The van der Waals surface area contributed by atoms with Crippen molar-refractivity contribution in [3.8, 4) is 5.40 Å². The van der Waals surface area contributed by atoms with E-state index in [-0.39, 0.29) is 4.90 Å². The van der Waals surface area contributed by atoms with E-state index in [1.807, 2.05) is 0 Å². The number of thioether (sulfide) groups is 1. The Morgan fingerprint density at radius 3 is 2.43 bits per heavy atom. The zero-order valence-corrected chi connectivity index (χ0v) is 12.4. The molecule has 0 aromatic heterocycles. The minimum Gasteiger partial charge on any atom is -0.444 e. The number of nitriles is 1. The lowest BCUT2D eigenvalue weighted by Crippen LogP contribution is -2.28. The maximum atomic E-state index is 13.0. The Labute approximate surface area is 124 Å². The molecule has 0 aliphatic rings. The highest BCUT2D eigenvalue weighted by Gasteiger charge is 2.34. The van der Waals surface area contributed by atoms with Crippen LogP contribution in [0.5, 0.6) is 0 Å². The molecule has 0 fully saturated rings. The molecule has 1 amide bonds. The lowest BCUT2D eigenvalue weighted by molar-refractivity contribution is -0.137. The number of amides is 1. The van der Waals surface area contributed by atoms with Gasteiger partial charge in [-0.15, -0.1) is 0 Å². The van der Waals surface area contributed by atoms with Crippen LogP contribution in [0.4, 0.5) is 23.7 Å². The Morgan fingerprint density at radius 1 is 1.33 bits per heavy atom. The summed E-state index contributed by atoms with van der Waals surface area (Å²) in [5.41, 5.74) is -2.27. The zero-order chi connectivity index (χ0) is 16.3. The second kappa shape index (κ2) is 6.26. The molecule has 21 heavy (non-hydrogen) atoms. The number of carbonyl (C=O) groups is 1. The molecule has 0 bridgehead atoms. The Morgan fingerprint density at radius 2 is 1.95 bits per heavy atom. The summed E-state index contributed by atoms with van der Waals surface area (Å²) < 4.78 is 43.8. The zero-order valence-electron chi connectivity index (χ0n) is 11.5. The summed E-state index contributed by atoms with van der Waals surface area (Å²) in [5, 5.41) is 12.3. The number of hydrogen-bond donors (Lipinski definition) is 1. The van der Waals surface area contributed by atoms with Crippen molar-refractivity contribution < 1.29 is 22.7 Å². The Kier molecular flexibility index (Phi) is 5.12. The van der Waals surface area contributed by atoms with Crippen LogP contribution in [0, 0.1) is 10.7 Å². The van der Waals surface area contributed by atoms with Crippen molar-refractivity contribution in [1.82, 2.24) is 0 Å². The first-order chi connectivity index (χ1) is 9.53. The molecule has 0 aliphatic carbocycles. The van der Waals surface area contributed by atoms with Crippen molar-refractivity contribution in [2.24, 2.45) is 0 Å². The predicted octanol–water partition coefficient (Wildman–Crippen LogP) is 4.63. The van der Waals surface area contributed by atoms with E-state index in [1.54, 1.807) is 26.2 Å². The highest BCUT2D eigenvalue weighted by molar-refractivity contribution is 8.03. The van der Waals surface area contributed by atoms with E-state index in [0.29, 0.717) is 11.8 Å². The van der Waals surface area contributed by atoms with Crippen LogP contribution in [-0.2, 0) is 10.9 Å². The molecule has 1 aromatic rings. The fraction of sp³-hybridized carbons (Fsp3) is 0.385. The summed E-state index contributed by atoms with van der Waals surface area (Å²) in [6.45, 7) is 4.80. The number of rotatable bonds is 2. The number of carbonyl (C=O) groups excluding carboxylic acids is 1. The van der Waals surface area contributed by atoms with E-state index >= 15 is 0 Å². The number of nitrogens with one attached hydrogen (secondary N) is 1. The first-order valence-corrected chi connectivity index (χ1v) is 6.62. The van der Waals surface area contributed by atoms with Gasteiger partial charge in [0.2, 0.25) is 0 Å². The van der Waals surface area contributed by atoms with Crippen molar-refractivity contribution in [3.63, 3.8) is 0 Å². The lowest BCUT2D eigenvalue weighted by Gasteiger charge is -2.21.